The zero-order chi connectivity index (χ0) is 10.5. The monoisotopic (exact) mass is 201 g/mol. The molecule has 78 valence electrons. The summed E-state index contributed by atoms with van der Waals surface area (Å²) in [7, 11) is 0. The van der Waals surface area contributed by atoms with Crippen LogP contribution in [0.2, 0.25) is 0 Å². The molecule has 0 amide bonds. The van der Waals surface area contributed by atoms with Crippen LogP contribution >= 0.6 is 0 Å². The standard InChI is InChI=1S/C13H15NO/c15-11-13-6-8-14(9-7-13)10-12-4-2-1-3-5-12/h1-6,8,11,13H,7,9-10H2. The predicted molar refractivity (Wildman–Crippen MR) is 60.2 cm³/mol. The third kappa shape index (κ3) is 2.69. The summed E-state index contributed by atoms with van der Waals surface area (Å²) in [5, 5.41) is 0. The molecule has 1 aliphatic heterocycles. The molecule has 0 aliphatic carbocycles. The van der Waals surface area contributed by atoms with Gasteiger partial charge in [-0.15, -0.1) is 0 Å². The molecule has 1 aromatic carbocycles. The molecule has 1 aromatic rings. The van der Waals surface area contributed by atoms with Crippen molar-refractivity contribution >= 4 is 6.29 Å². The van der Waals surface area contributed by atoms with Gasteiger partial charge in [-0.3, -0.25) is 0 Å². The van der Waals surface area contributed by atoms with Crippen LogP contribution < -0.4 is 0 Å². The van der Waals surface area contributed by atoms with E-state index in [9.17, 15) is 4.79 Å². The number of carbonyl (C=O) groups excluding carboxylic acids is 1. The van der Waals surface area contributed by atoms with Gasteiger partial charge in [0.15, 0.2) is 0 Å². The van der Waals surface area contributed by atoms with Crippen molar-refractivity contribution in [3.05, 3.63) is 48.2 Å². The summed E-state index contributed by atoms with van der Waals surface area (Å²) in [4.78, 5) is 12.8. The van der Waals surface area contributed by atoms with Gasteiger partial charge in [-0.25, -0.2) is 0 Å². The van der Waals surface area contributed by atoms with Gasteiger partial charge in [0.1, 0.15) is 6.29 Å². The van der Waals surface area contributed by atoms with Gasteiger partial charge in [-0.05, 0) is 18.2 Å². The zero-order valence-corrected chi connectivity index (χ0v) is 8.67. The number of aldehydes is 1. The van der Waals surface area contributed by atoms with Crippen LogP contribution in [0.5, 0.6) is 0 Å². The molecule has 2 nitrogen and oxygen atoms in total. The van der Waals surface area contributed by atoms with Gasteiger partial charge in [0, 0.05) is 19.0 Å². The van der Waals surface area contributed by atoms with E-state index in [0.29, 0.717) is 0 Å². The second kappa shape index (κ2) is 4.78. The van der Waals surface area contributed by atoms with Gasteiger partial charge >= 0.3 is 0 Å². The topological polar surface area (TPSA) is 20.3 Å². The predicted octanol–water partition coefficient (Wildman–Crippen LogP) is 2.22. The SMILES string of the molecule is O=CC1C=CN(Cc2ccccc2)CC1. The first-order valence-electron chi connectivity index (χ1n) is 5.30. The van der Waals surface area contributed by atoms with Crippen molar-refractivity contribution in [3.63, 3.8) is 0 Å². The quantitative estimate of drug-likeness (QED) is 0.699. The number of hydrogen-bond acceptors (Lipinski definition) is 2. The Labute approximate surface area is 90.2 Å². The first-order chi connectivity index (χ1) is 7.38. The van der Waals surface area contributed by atoms with E-state index in [1.54, 1.807) is 0 Å². The Morgan fingerprint density at radius 1 is 1.33 bits per heavy atom. The van der Waals surface area contributed by atoms with Gasteiger partial charge in [0.05, 0.1) is 0 Å². The Hall–Kier alpha value is -1.57. The minimum absolute atomic E-state index is 0.122. The molecule has 1 heterocycles. The van der Waals surface area contributed by atoms with Crippen molar-refractivity contribution < 1.29 is 4.79 Å². The van der Waals surface area contributed by atoms with Crippen LogP contribution in [0.3, 0.4) is 0 Å². The van der Waals surface area contributed by atoms with Crippen molar-refractivity contribution in [1.29, 1.82) is 0 Å². The first-order valence-corrected chi connectivity index (χ1v) is 5.30. The van der Waals surface area contributed by atoms with Crippen molar-refractivity contribution in [2.75, 3.05) is 6.54 Å². The third-order valence-corrected chi connectivity index (χ3v) is 2.70. The lowest BCUT2D eigenvalue weighted by Gasteiger charge is -2.25. The highest BCUT2D eigenvalue weighted by atomic mass is 16.1. The molecule has 0 N–H and O–H groups in total. The van der Waals surface area contributed by atoms with E-state index in [1.165, 1.54) is 5.56 Å². The lowest BCUT2D eigenvalue weighted by Crippen LogP contribution is -2.24. The molecule has 1 atom stereocenters. The zero-order valence-electron chi connectivity index (χ0n) is 8.67. The number of nitrogens with zero attached hydrogens (tertiary/aromatic N) is 1. The van der Waals surface area contributed by atoms with E-state index in [4.69, 9.17) is 0 Å². The molecule has 15 heavy (non-hydrogen) atoms. The summed E-state index contributed by atoms with van der Waals surface area (Å²) < 4.78 is 0. The lowest BCUT2D eigenvalue weighted by molar-refractivity contribution is -0.110. The van der Waals surface area contributed by atoms with Crippen molar-refractivity contribution in [2.24, 2.45) is 5.92 Å². The van der Waals surface area contributed by atoms with E-state index in [0.717, 1.165) is 25.8 Å². The molecule has 0 fully saturated rings. The number of hydrogen-bond donors (Lipinski definition) is 0. The van der Waals surface area contributed by atoms with Crippen LogP contribution in [-0.4, -0.2) is 17.7 Å². The van der Waals surface area contributed by atoms with Crippen LogP contribution in [0.15, 0.2) is 42.6 Å². The van der Waals surface area contributed by atoms with Crippen molar-refractivity contribution in [2.45, 2.75) is 13.0 Å². The fourth-order valence-corrected chi connectivity index (χ4v) is 1.78. The largest absolute Gasteiger partial charge is 0.373 e. The fraction of sp³-hybridized carbons (Fsp3) is 0.308. The highest BCUT2D eigenvalue weighted by Crippen LogP contribution is 2.14. The number of benzene rings is 1. The minimum atomic E-state index is 0.122. The fourth-order valence-electron chi connectivity index (χ4n) is 1.78. The smallest absolute Gasteiger partial charge is 0.126 e. The van der Waals surface area contributed by atoms with Crippen molar-refractivity contribution in [1.82, 2.24) is 4.90 Å². The van der Waals surface area contributed by atoms with Gasteiger partial charge in [-0.1, -0.05) is 36.4 Å². The summed E-state index contributed by atoms with van der Waals surface area (Å²) in [6.07, 6.45) is 5.98. The van der Waals surface area contributed by atoms with Crippen LogP contribution in [0, 0.1) is 5.92 Å². The highest BCUT2D eigenvalue weighted by molar-refractivity contribution is 5.56. The molecule has 0 saturated heterocycles. The average molecular weight is 201 g/mol. The third-order valence-electron chi connectivity index (χ3n) is 2.70. The van der Waals surface area contributed by atoms with Crippen LogP contribution in [-0.2, 0) is 11.3 Å². The van der Waals surface area contributed by atoms with E-state index in [2.05, 4.69) is 29.2 Å². The summed E-state index contributed by atoms with van der Waals surface area (Å²) in [6, 6.07) is 10.4. The molecule has 1 aliphatic rings. The molecule has 0 aromatic heterocycles. The number of allylic oxidation sites excluding steroid dienone is 1. The van der Waals surface area contributed by atoms with Gasteiger partial charge in [-0.2, -0.15) is 0 Å². The number of carbonyl (C=O) groups is 1. The molecule has 0 spiro atoms. The molecule has 0 saturated carbocycles. The maximum Gasteiger partial charge on any atom is 0.126 e. The molecule has 2 rings (SSSR count). The second-order valence-electron chi connectivity index (χ2n) is 3.89. The van der Waals surface area contributed by atoms with Crippen LogP contribution in [0.25, 0.3) is 0 Å². The first kappa shape index (κ1) is 9.97. The Bertz CT molecular complexity index is 345. The maximum absolute atomic E-state index is 10.6. The van der Waals surface area contributed by atoms with E-state index >= 15 is 0 Å². The number of rotatable bonds is 3. The normalized spacial score (nSPS) is 20.3. The Morgan fingerprint density at radius 3 is 2.73 bits per heavy atom. The van der Waals surface area contributed by atoms with Gasteiger partial charge < -0.3 is 9.69 Å². The molecule has 2 heteroatoms. The summed E-state index contributed by atoms with van der Waals surface area (Å²) >= 11 is 0. The van der Waals surface area contributed by atoms with E-state index in [1.807, 2.05) is 18.3 Å². The Balaban J connectivity index is 1.95. The summed E-state index contributed by atoms with van der Waals surface area (Å²) in [6.45, 7) is 1.90. The van der Waals surface area contributed by atoms with Crippen LogP contribution in [0.4, 0.5) is 0 Å². The molecule has 1 unspecified atom stereocenters. The van der Waals surface area contributed by atoms with Gasteiger partial charge in [0.2, 0.25) is 0 Å². The molecular weight excluding hydrogens is 186 g/mol. The highest BCUT2D eigenvalue weighted by Gasteiger charge is 2.11. The van der Waals surface area contributed by atoms with Crippen LogP contribution in [0.1, 0.15) is 12.0 Å². The average Bonchev–Trinajstić information content (AvgIpc) is 2.31. The maximum atomic E-state index is 10.6. The molecule has 0 bridgehead atoms. The Kier molecular flexibility index (Phi) is 3.18. The lowest BCUT2D eigenvalue weighted by atomic mass is 10.0. The molecule has 0 radical (unpaired) electrons. The summed E-state index contributed by atoms with van der Waals surface area (Å²) in [5.41, 5.74) is 1.31. The second-order valence-corrected chi connectivity index (χ2v) is 3.89. The van der Waals surface area contributed by atoms with E-state index in [-0.39, 0.29) is 5.92 Å². The molecular formula is C13H15NO. The van der Waals surface area contributed by atoms with E-state index < -0.39 is 0 Å². The summed E-state index contributed by atoms with van der Waals surface area (Å²) in [5.74, 6) is 0.122. The van der Waals surface area contributed by atoms with Gasteiger partial charge in [0.25, 0.3) is 0 Å². The van der Waals surface area contributed by atoms with Crippen molar-refractivity contribution in [3.8, 4) is 0 Å². The minimum Gasteiger partial charge on any atom is -0.373 e. The Morgan fingerprint density at radius 2 is 2.13 bits per heavy atom.